The van der Waals surface area contributed by atoms with Gasteiger partial charge < -0.3 is 10.1 Å². The second kappa shape index (κ2) is 6.49. The lowest BCUT2D eigenvalue weighted by atomic mass is 10.1. The fourth-order valence-electron chi connectivity index (χ4n) is 3.13. The van der Waals surface area contributed by atoms with Gasteiger partial charge in [-0.05, 0) is 36.8 Å². The molecule has 2 heterocycles. The van der Waals surface area contributed by atoms with Crippen LogP contribution in [-0.2, 0) is 14.8 Å². The summed E-state index contributed by atoms with van der Waals surface area (Å²) in [5.41, 5.74) is 2.50. The minimum absolute atomic E-state index is 0.160. The highest BCUT2D eigenvalue weighted by atomic mass is 32.2. The summed E-state index contributed by atoms with van der Waals surface area (Å²) in [5.74, 6) is 0.652. The van der Waals surface area contributed by atoms with E-state index < -0.39 is 10.0 Å². The highest BCUT2D eigenvalue weighted by Gasteiger charge is 2.28. The molecule has 0 aromatic heterocycles. The van der Waals surface area contributed by atoms with Gasteiger partial charge in [0, 0.05) is 17.8 Å². The number of hydrogen-bond donors (Lipinski definition) is 1. The zero-order valence-corrected chi connectivity index (χ0v) is 14.8. The van der Waals surface area contributed by atoms with Crippen LogP contribution in [0.2, 0.25) is 0 Å². The van der Waals surface area contributed by atoms with Crippen LogP contribution < -0.4 is 14.4 Å². The summed E-state index contributed by atoms with van der Waals surface area (Å²) >= 11 is 0. The van der Waals surface area contributed by atoms with Crippen molar-refractivity contribution in [1.82, 2.24) is 0 Å². The van der Waals surface area contributed by atoms with Crippen LogP contribution in [-0.4, -0.2) is 33.2 Å². The van der Waals surface area contributed by atoms with E-state index in [0.717, 1.165) is 11.3 Å². The average Bonchev–Trinajstić information content (AvgIpc) is 3.00. The molecule has 1 fully saturated rings. The number of benzene rings is 2. The summed E-state index contributed by atoms with van der Waals surface area (Å²) < 4.78 is 31.1. The second-order valence-electron chi connectivity index (χ2n) is 6.24. The van der Waals surface area contributed by atoms with Crippen LogP contribution in [0.25, 0.3) is 6.08 Å². The van der Waals surface area contributed by atoms with E-state index in [9.17, 15) is 13.2 Å². The molecule has 134 valence electrons. The van der Waals surface area contributed by atoms with E-state index in [1.165, 1.54) is 4.31 Å². The third-order valence-corrected chi connectivity index (χ3v) is 6.28. The predicted molar refractivity (Wildman–Crippen MR) is 101 cm³/mol. The number of hydrogen-bond acceptors (Lipinski definition) is 4. The first-order valence-electron chi connectivity index (χ1n) is 8.37. The van der Waals surface area contributed by atoms with Crippen LogP contribution >= 0.6 is 0 Å². The van der Waals surface area contributed by atoms with Crippen LogP contribution in [0.4, 0.5) is 11.4 Å². The van der Waals surface area contributed by atoms with Gasteiger partial charge in [0.2, 0.25) is 10.0 Å². The number of para-hydroxylation sites is 1. The van der Waals surface area contributed by atoms with Crippen molar-refractivity contribution in [2.45, 2.75) is 6.42 Å². The second-order valence-corrected chi connectivity index (χ2v) is 8.26. The Kier molecular flexibility index (Phi) is 4.16. The fourth-order valence-corrected chi connectivity index (χ4v) is 4.68. The number of amides is 1. The van der Waals surface area contributed by atoms with E-state index in [-0.39, 0.29) is 18.3 Å². The minimum atomic E-state index is -3.25. The largest absolute Gasteiger partial charge is 0.488 e. The molecule has 0 aliphatic carbocycles. The molecule has 0 spiro atoms. The monoisotopic (exact) mass is 370 g/mol. The van der Waals surface area contributed by atoms with Gasteiger partial charge in [-0.25, -0.2) is 8.42 Å². The molecular weight excluding hydrogens is 352 g/mol. The maximum absolute atomic E-state index is 12.5. The van der Waals surface area contributed by atoms with Gasteiger partial charge in [0.15, 0.2) is 0 Å². The predicted octanol–water partition coefficient (Wildman–Crippen LogP) is 2.64. The number of nitrogens with one attached hydrogen (secondary N) is 1. The van der Waals surface area contributed by atoms with Gasteiger partial charge in [0.05, 0.1) is 17.0 Å². The molecule has 0 saturated carbocycles. The molecule has 2 aliphatic heterocycles. The third kappa shape index (κ3) is 3.17. The Morgan fingerprint density at radius 2 is 1.96 bits per heavy atom. The fraction of sp³-hybridized carbons (Fsp3) is 0.211. The summed E-state index contributed by atoms with van der Waals surface area (Å²) in [4.78, 5) is 12.5. The molecule has 2 aromatic carbocycles. The molecule has 1 N–H and O–H groups in total. The maximum Gasteiger partial charge on any atom is 0.255 e. The average molecular weight is 370 g/mol. The van der Waals surface area contributed by atoms with Crippen molar-refractivity contribution in [3.05, 3.63) is 59.7 Å². The molecular formula is C19H18N2O4S. The van der Waals surface area contributed by atoms with Gasteiger partial charge in [0.25, 0.3) is 5.91 Å². The van der Waals surface area contributed by atoms with Crippen molar-refractivity contribution in [2.24, 2.45) is 0 Å². The number of nitrogens with zero attached hydrogens (tertiary/aromatic N) is 1. The first-order valence-corrected chi connectivity index (χ1v) is 9.98. The van der Waals surface area contributed by atoms with Crippen LogP contribution in [0, 0.1) is 0 Å². The quantitative estimate of drug-likeness (QED) is 0.901. The van der Waals surface area contributed by atoms with E-state index in [4.69, 9.17) is 4.74 Å². The van der Waals surface area contributed by atoms with Gasteiger partial charge >= 0.3 is 0 Å². The SMILES string of the molecule is O=C(Nc1cccc(N2CCCS2(=O)=O)c1)C1=Cc2ccccc2OC1. The standard InChI is InChI=1S/C19H18N2O4S/c22-19(15-11-14-5-1-2-8-18(14)25-13-15)20-16-6-3-7-17(12-16)21-9-4-10-26(21,23)24/h1-3,5-8,11-12H,4,9-10,13H2,(H,20,22). The Labute approximate surface area is 152 Å². The number of rotatable bonds is 3. The molecule has 2 aromatic rings. The molecule has 0 bridgehead atoms. The smallest absolute Gasteiger partial charge is 0.255 e. The van der Waals surface area contributed by atoms with Crippen LogP contribution in [0.1, 0.15) is 12.0 Å². The van der Waals surface area contributed by atoms with E-state index in [1.807, 2.05) is 30.3 Å². The van der Waals surface area contributed by atoms with E-state index in [0.29, 0.717) is 29.9 Å². The van der Waals surface area contributed by atoms with Gasteiger partial charge in [-0.2, -0.15) is 0 Å². The molecule has 0 atom stereocenters. The van der Waals surface area contributed by atoms with Gasteiger partial charge in [-0.1, -0.05) is 24.3 Å². The maximum atomic E-state index is 12.5. The number of ether oxygens (including phenoxy) is 1. The lowest BCUT2D eigenvalue weighted by Crippen LogP contribution is -2.25. The Bertz CT molecular complexity index is 998. The van der Waals surface area contributed by atoms with Crippen LogP contribution in [0.15, 0.2) is 54.1 Å². The Morgan fingerprint density at radius 1 is 1.12 bits per heavy atom. The highest BCUT2D eigenvalue weighted by Crippen LogP contribution is 2.28. The Morgan fingerprint density at radius 3 is 2.77 bits per heavy atom. The topological polar surface area (TPSA) is 75.7 Å². The third-order valence-electron chi connectivity index (χ3n) is 4.41. The van der Waals surface area contributed by atoms with Gasteiger partial charge in [-0.15, -0.1) is 0 Å². The van der Waals surface area contributed by atoms with Gasteiger partial charge in [-0.3, -0.25) is 9.10 Å². The van der Waals surface area contributed by atoms with Crippen LogP contribution in [0.5, 0.6) is 5.75 Å². The molecule has 1 amide bonds. The molecule has 0 unspecified atom stereocenters. The van der Waals surface area contributed by atoms with Crippen LogP contribution in [0.3, 0.4) is 0 Å². The van der Waals surface area contributed by atoms with Crippen molar-refractivity contribution in [3.8, 4) is 5.75 Å². The normalized spacial score (nSPS) is 17.8. The number of fused-ring (bicyclic) bond motifs is 1. The van der Waals surface area contributed by atoms with Crippen molar-refractivity contribution < 1.29 is 17.9 Å². The highest BCUT2D eigenvalue weighted by molar-refractivity contribution is 7.93. The van der Waals surface area contributed by atoms with Crippen molar-refractivity contribution in [1.29, 1.82) is 0 Å². The zero-order valence-electron chi connectivity index (χ0n) is 14.0. The summed E-state index contributed by atoms with van der Waals surface area (Å²) in [6, 6.07) is 14.4. The first-order chi connectivity index (χ1) is 12.5. The minimum Gasteiger partial charge on any atom is -0.488 e. The molecule has 7 heteroatoms. The summed E-state index contributed by atoms with van der Waals surface area (Å²) in [5, 5.41) is 2.82. The molecule has 0 radical (unpaired) electrons. The summed E-state index contributed by atoms with van der Waals surface area (Å²) in [7, 11) is -3.25. The molecule has 4 rings (SSSR count). The first kappa shape index (κ1) is 16.7. The van der Waals surface area contributed by atoms with Gasteiger partial charge in [0.1, 0.15) is 12.4 Å². The lowest BCUT2D eigenvalue weighted by Gasteiger charge is -2.19. The van der Waals surface area contributed by atoms with E-state index in [2.05, 4.69) is 5.32 Å². The molecule has 6 nitrogen and oxygen atoms in total. The number of sulfonamides is 1. The Balaban J connectivity index is 1.54. The summed E-state index contributed by atoms with van der Waals surface area (Å²) in [6.45, 7) is 0.665. The number of carbonyl (C=O) groups excluding carboxylic acids is 1. The molecule has 26 heavy (non-hydrogen) atoms. The lowest BCUT2D eigenvalue weighted by molar-refractivity contribution is -0.113. The molecule has 1 saturated heterocycles. The van der Waals surface area contributed by atoms with E-state index in [1.54, 1.807) is 24.3 Å². The number of anilines is 2. The Hall–Kier alpha value is -2.80. The van der Waals surface area contributed by atoms with Crippen molar-refractivity contribution in [2.75, 3.05) is 28.5 Å². The van der Waals surface area contributed by atoms with Crippen molar-refractivity contribution in [3.63, 3.8) is 0 Å². The summed E-state index contributed by atoms with van der Waals surface area (Å²) in [6.07, 6.45) is 2.42. The van der Waals surface area contributed by atoms with Crippen molar-refractivity contribution >= 4 is 33.4 Å². The zero-order chi connectivity index (χ0) is 18.1. The van der Waals surface area contributed by atoms with E-state index >= 15 is 0 Å². The number of carbonyl (C=O) groups is 1. The molecule has 2 aliphatic rings.